The minimum atomic E-state index is 0.0154. The van der Waals surface area contributed by atoms with Crippen LogP contribution in [0.25, 0.3) is 0 Å². The van der Waals surface area contributed by atoms with Gasteiger partial charge in [0.1, 0.15) is 0 Å². The van der Waals surface area contributed by atoms with E-state index in [-0.39, 0.29) is 6.04 Å². The molecule has 0 spiro atoms. The molecule has 0 aliphatic carbocycles. The lowest BCUT2D eigenvalue weighted by Crippen LogP contribution is -2.46. The van der Waals surface area contributed by atoms with E-state index >= 15 is 0 Å². The number of hydrogen-bond donors (Lipinski definition) is 1. The first-order valence-corrected chi connectivity index (χ1v) is 8.10. The summed E-state index contributed by atoms with van der Waals surface area (Å²) in [5, 5.41) is 6.30. The number of thiazole rings is 2. The van der Waals surface area contributed by atoms with Gasteiger partial charge in [-0.05, 0) is 6.92 Å². The highest BCUT2D eigenvalue weighted by atomic mass is 32.1. The zero-order valence-corrected chi connectivity index (χ0v) is 12.5. The molecule has 3 rings (SSSR count). The molecule has 0 amide bonds. The smallest absolute Gasteiger partial charge is 0.185 e. The molecule has 1 unspecified atom stereocenters. The number of aromatic nitrogens is 2. The molecule has 0 bridgehead atoms. The predicted octanol–water partition coefficient (Wildman–Crippen LogP) is 1.95. The van der Waals surface area contributed by atoms with E-state index < -0.39 is 0 Å². The van der Waals surface area contributed by atoms with Gasteiger partial charge in [0.2, 0.25) is 0 Å². The Bertz CT molecular complexity index is 514. The van der Waals surface area contributed by atoms with Crippen molar-refractivity contribution in [3.8, 4) is 0 Å². The van der Waals surface area contributed by atoms with Gasteiger partial charge >= 0.3 is 0 Å². The van der Waals surface area contributed by atoms with Crippen LogP contribution in [-0.4, -0.2) is 36.1 Å². The Hall–Kier alpha value is -1.18. The monoisotopic (exact) mass is 295 g/mol. The highest BCUT2D eigenvalue weighted by Crippen LogP contribution is 2.26. The lowest BCUT2D eigenvalue weighted by Gasteiger charge is -2.34. The first-order chi connectivity index (χ1) is 9.24. The molecule has 0 radical (unpaired) electrons. The zero-order chi connectivity index (χ0) is 13.2. The van der Waals surface area contributed by atoms with Gasteiger partial charge in [-0.3, -0.25) is 0 Å². The Morgan fingerprint density at radius 2 is 1.84 bits per heavy atom. The summed E-state index contributed by atoms with van der Waals surface area (Å²) in [6.45, 7) is 5.96. The lowest BCUT2D eigenvalue weighted by molar-refractivity contribution is 0.648. The van der Waals surface area contributed by atoms with Crippen LogP contribution in [-0.2, 0) is 0 Å². The molecule has 1 aliphatic rings. The van der Waals surface area contributed by atoms with Crippen LogP contribution >= 0.6 is 22.7 Å². The average Bonchev–Trinajstić information content (AvgIpc) is 3.11. The van der Waals surface area contributed by atoms with E-state index in [2.05, 4.69) is 25.1 Å². The van der Waals surface area contributed by atoms with Crippen LogP contribution in [0.5, 0.6) is 0 Å². The third-order valence-corrected chi connectivity index (χ3v) is 4.97. The second-order valence-electron chi connectivity index (χ2n) is 4.63. The third kappa shape index (κ3) is 2.72. The molecule has 2 aromatic rings. The van der Waals surface area contributed by atoms with Gasteiger partial charge in [-0.15, -0.1) is 22.7 Å². The predicted molar refractivity (Wildman–Crippen MR) is 81.3 cm³/mol. The van der Waals surface area contributed by atoms with Crippen LogP contribution in [0.2, 0.25) is 0 Å². The molecule has 5 nitrogen and oxygen atoms in total. The van der Waals surface area contributed by atoms with Crippen molar-refractivity contribution in [2.75, 3.05) is 36.0 Å². The summed E-state index contributed by atoms with van der Waals surface area (Å²) >= 11 is 3.39. The first-order valence-electron chi connectivity index (χ1n) is 6.34. The van der Waals surface area contributed by atoms with E-state index in [9.17, 15) is 0 Å². The quantitative estimate of drug-likeness (QED) is 0.938. The molecule has 1 fully saturated rings. The third-order valence-electron chi connectivity index (χ3n) is 3.22. The lowest BCUT2D eigenvalue weighted by atomic mass is 10.3. The normalized spacial score (nSPS) is 17.8. The van der Waals surface area contributed by atoms with Gasteiger partial charge < -0.3 is 15.5 Å². The molecular formula is C12H17N5S2. The Balaban J connectivity index is 1.63. The molecule has 7 heteroatoms. The Kier molecular flexibility index (Phi) is 3.67. The van der Waals surface area contributed by atoms with Crippen LogP contribution in [0.15, 0.2) is 17.0 Å². The van der Waals surface area contributed by atoms with Crippen molar-refractivity contribution in [3.05, 3.63) is 22.7 Å². The van der Waals surface area contributed by atoms with Crippen molar-refractivity contribution >= 4 is 32.9 Å². The number of hydrogen-bond acceptors (Lipinski definition) is 7. The van der Waals surface area contributed by atoms with Crippen molar-refractivity contribution in [2.45, 2.75) is 13.0 Å². The largest absolute Gasteiger partial charge is 0.345 e. The van der Waals surface area contributed by atoms with E-state index in [1.165, 1.54) is 0 Å². The average molecular weight is 295 g/mol. The molecule has 2 aromatic heterocycles. The fourth-order valence-electron chi connectivity index (χ4n) is 2.09. The van der Waals surface area contributed by atoms with E-state index in [0.29, 0.717) is 0 Å². The van der Waals surface area contributed by atoms with E-state index in [1.807, 2.05) is 18.5 Å². The van der Waals surface area contributed by atoms with Gasteiger partial charge in [-0.25, -0.2) is 9.97 Å². The summed E-state index contributed by atoms with van der Waals surface area (Å²) in [7, 11) is 0. The van der Waals surface area contributed by atoms with Gasteiger partial charge in [0.25, 0.3) is 0 Å². The van der Waals surface area contributed by atoms with Gasteiger partial charge in [-0.2, -0.15) is 0 Å². The summed E-state index contributed by atoms with van der Waals surface area (Å²) in [5.41, 5.74) is 6.84. The highest BCUT2D eigenvalue weighted by molar-refractivity contribution is 7.14. The summed E-state index contributed by atoms with van der Waals surface area (Å²) < 4.78 is 0. The molecule has 1 aliphatic heterocycles. The van der Waals surface area contributed by atoms with Crippen LogP contribution in [0.1, 0.15) is 18.7 Å². The van der Waals surface area contributed by atoms with Crippen LogP contribution in [0.4, 0.5) is 10.3 Å². The molecule has 1 saturated heterocycles. The topological polar surface area (TPSA) is 58.3 Å². The van der Waals surface area contributed by atoms with Gasteiger partial charge in [-0.1, -0.05) is 0 Å². The van der Waals surface area contributed by atoms with Crippen LogP contribution in [0.3, 0.4) is 0 Å². The summed E-state index contributed by atoms with van der Waals surface area (Å²) in [6, 6.07) is 0.0154. The highest BCUT2D eigenvalue weighted by Gasteiger charge is 2.21. The Labute approximate surface area is 120 Å². The molecule has 2 N–H and O–H groups in total. The molecule has 19 heavy (non-hydrogen) atoms. The fourth-order valence-corrected chi connectivity index (χ4v) is 3.77. The second kappa shape index (κ2) is 5.44. The van der Waals surface area contributed by atoms with Crippen molar-refractivity contribution in [3.63, 3.8) is 0 Å². The van der Waals surface area contributed by atoms with E-state index in [4.69, 9.17) is 5.73 Å². The van der Waals surface area contributed by atoms with Gasteiger partial charge in [0.05, 0.1) is 5.69 Å². The van der Waals surface area contributed by atoms with E-state index in [0.717, 1.165) is 42.1 Å². The van der Waals surface area contributed by atoms with Crippen molar-refractivity contribution in [1.82, 2.24) is 9.97 Å². The van der Waals surface area contributed by atoms with Crippen LogP contribution < -0.4 is 15.5 Å². The SMILES string of the molecule is CC(N)c1csc(N2CCN(c3nccs3)CC2)n1. The van der Waals surface area contributed by atoms with Gasteiger partial charge in [0, 0.05) is 49.2 Å². The van der Waals surface area contributed by atoms with Crippen molar-refractivity contribution in [2.24, 2.45) is 5.73 Å². The van der Waals surface area contributed by atoms with E-state index in [1.54, 1.807) is 22.7 Å². The molecular weight excluding hydrogens is 278 g/mol. The molecule has 0 saturated carbocycles. The number of nitrogens with zero attached hydrogens (tertiary/aromatic N) is 4. The van der Waals surface area contributed by atoms with Crippen molar-refractivity contribution < 1.29 is 0 Å². The maximum atomic E-state index is 5.85. The van der Waals surface area contributed by atoms with Gasteiger partial charge in [0.15, 0.2) is 10.3 Å². The minimum Gasteiger partial charge on any atom is -0.345 e. The second-order valence-corrected chi connectivity index (χ2v) is 6.34. The minimum absolute atomic E-state index is 0.0154. The fraction of sp³-hybridized carbons (Fsp3) is 0.500. The standard InChI is InChI=1S/C12H17N5S2/c1-9(13)10-8-19-12(15-10)17-5-3-16(4-6-17)11-14-2-7-18-11/h2,7-9H,3-6,13H2,1H3. The molecule has 3 heterocycles. The van der Waals surface area contributed by atoms with Crippen molar-refractivity contribution in [1.29, 1.82) is 0 Å². The first kappa shape index (κ1) is 12.8. The zero-order valence-electron chi connectivity index (χ0n) is 10.8. The number of anilines is 2. The number of piperazine rings is 1. The van der Waals surface area contributed by atoms with Crippen LogP contribution in [0, 0.1) is 0 Å². The summed E-state index contributed by atoms with van der Waals surface area (Å²) in [5.74, 6) is 0. The molecule has 102 valence electrons. The maximum absolute atomic E-state index is 5.85. The summed E-state index contributed by atoms with van der Waals surface area (Å²) in [6.07, 6.45) is 1.86. The molecule has 0 aromatic carbocycles. The Morgan fingerprint density at radius 3 is 2.37 bits per heavy atom. The number of nitrogens with two attached hydrogens (primary N) is 1. The maximum Gasteiger partial charge on any atom is 0.185 e. The number of rotatable bonds is 3. The Morgan fingerprint density at radius 1 is 1.16 bits per heavy atom. The molecule has 1 atom stereocenters. The summed E-state index contributed by atoms with van der Waals surface area (Å²) in [4.78, 5) is 13.6.